The van der Waals surface area contributed by atoms with Gasteiger partial charge < -0.3 is 9.80 Å². The molecule has 0 unspecified atom stereocenters. The Morgan fingerprint density at radius 1 is 1.17 bits per heavy atom. The van der Waals surface area contributed by atoms with E-state index in [1.807, 2.05) is 18.2 Å². The number of hydrogen-bond donors (Lipinski definition) is 0. The van der Waals surface area contributed by atoms with Crippen LogP contribution in [-0.2, 0) is 0 Å². The van der Waals surface area contributed by atoms with Crippen LogP contribution in [0.15, 0.2) is 18.2 Å². The largest absolute Gasteiger partial charge is 0.371 e. The molecule has 0 N–H and O–H groups in total. The summed E-state index contributed by atoms with van der Waals surface area (Å²) in [5.41, 5.74) is 1.73. The van der Waals surface area contributed by atoms with Crippen molar-refractivity contribution in [1.29, 1.82) is 0 Å². The highest BCUT2D eigenvalue weighted by Gasteiger charge is 2.26. The SMILES string of the molecule is CN(C)C(=O)c1ccc(N2CCC(CC3CCC3)CC2)cc1Cl. The Kier molecular flexibility index (Phi) is 5.15. The van der Waals surface area contributed by atoms with Gasteiger partial charge in [-0.2, -0.15) is 0 Å². The minimum absolute atomic E-state index is 0.0410. The molecule has 1 heterocycles. The van der Waals surface area contributed by atoms with Crippen LogP contribution in [0.5, 0.6) is 0 Å². The third-order valence-corrected chi connectivity index (χ3v) is 5.77. The molecular weight excluding hydrogens is 308 g/mol. The summed E-state index contributed by atoms with van der Waals surface area (Å²) in [5.74, 6) is 1.87. The topological polar surface area (TPSA) is 23.6 Å². The molecule has 1 aromatic rings. The molecule has 1 aliphatic carbocycles. The molecule has 3 rings (SSSR count). The van der Waals surface area contributed by atoms with Gasteiger partial charge in [0, 0.05) is 32.9 Å². The quantitative estimate of drug-likeness (QED) is 0.812. The van der Waals surface area contributed by atoms with Crippen molar-refractivity contribution in [3.63, 3.8) is 0 Å². The molecule has 0 radical (unpaired) electrons. The Morgan fingerprint density at radius 3 is 2.35 bits per heavy atom. The molecule has 1 aromatic carbocycles. The van der Waals surface area contributed by atoms with Gasteiger partial charge in [0.1, 0.15) is 0 Å². The van der Waals surface area contributed by atoms with E-state index in [1.165, 1.54) is 38.5 Å². The first-order valence-corrected chi connectivity index (χ1v) is 9.18. The summed E-state index contributed by atoms with van der Waals surface area (Å²) in [5, 5.41) is 0.554. The first-order valence-electron chi connectivity index (χ1n) is 8.80. The van der Waals surface area contributed by atoms with Crippen molar-refractivity contribution in [1.82, 2.24) is 4.90 Å². The van der Waals surface area contributed by atoms with E-state index in [2.05, 4.69) is 4.90 Å². The van der Waals surface area contributed by atoms with E-state index < -0.39 is 0 Å². The second kappa shape index (κ2) is 7.12. The zero-order valence-corrected chi connectivity index (χ0v) is 15.0. The second-order valence-electron chi connectivity index (χ2n) is 7.33. The number of amides is 1. The van der Waals surface area contributed by atoms with E-state index in [4.69, 9.17) is 11.6 Å². The number of piperidine rings is 1. The van der Waals surface area contributed by atoms with Gasteiger partial charge in [-0.05, 0) is 49.3 Å². The van der Waals surface area contributed by atoms with Crippen molar-refractivity contribution < 1.29 is 4.79 Å². The lowest BCUT2D eigenvalue weighted by molar-refractivity contribution is 0.0828. The van der Waals surface area contributed by atoms with E-state index >= 15 is 0 Å². The van der Waals surface area contributed by atoms with Crippen LogP contribution in [-0.4, -0.2) is 38.0 Å². The molecule has 2 fully saturated rings. The van der Waals surface area contributed by atoms with Crippen molar-refractivity contribution in [3.05, 3.63) is 28.8 Å². The Morgan fingerprint density at radius 2 is 1.83 bits per heavy atom. The molecule has 0 atom stereocenters. The Hall–Kier alpha value is -1.22. The van der Waals surface area contributed by atoms with Gasteiger partial charge >= 0.3 is 0 Å². The van der Waals surface area contributed by atoms with E-state index in [9.17, 15) is 4.79 Å². The van der Waals surface area contributed by atoms with Gasteiger partial charge in [-0.3, -0.25) is 4.79 Å². The second-order valence-corrected chi connectivity index (χ2v) is 7.73. The van der Waals surface area contributed by atoms with Gasteiger partial charge in [-0.15, -0.1) is 0 Å². The first kappa shape index (κ1) is 16.6. The maximum absolute atomic E-state index is 12.1. The number of carbonyl (C=O) groups excluding carboxylic acids is 1. The molecule has 23 heavy (non-hydrogen) atoms. The highest BCUT2D eigenvalue weighted by molar-refractivity contribution is 6.34. The van der Waals surface area contributed by atoms with Crippen molar-refractivity contribution in [2.75, 3.05) is 32.1 Å². The van der Waals surface area contributed by atoms with Gasteiger partial charge in [-0.25, -0.2) is 0 Å². The number of carbonyl (C=O) groups is 1. The summed E-state index contributed by atoms with van der Waals surface area (Å²) < 4.78 is 0. The fourth-order valence-corrected chi connectivity index (χ4v) is 4.00. The summed E-state index contributed by atoms with van der Waals surface area (Å²) in [6.07, 6.45) is 8.36. The average molecular weight is 335 g/mol. The van der Waals surface area contributed by atoms with E-state index in [1.54, 1.807) is 19.0 Å². The number of nitrogens with zero attached hydrogens (tertiary/aromatic N) is 2. The van der Waals surface area contributed by atoms with Gasteiger partial charge in [0.2, 0.25) is 0 Å². The van der Waals surface area contributed by atoms with Crippen LogP contribution in [0.1, 0.15) is 48.9 Å². The molecule has 0 aromatic heterocycles. The van der Waals surface area contributed by atoms with E-state index in [0.29, 0.717) is 10.6 Å². The number of anilines is 1. The zero-order chi connectivity index (χ0) is 16.4. The maximum atomic E-state index is 12.1. The Bertz CT molecular complexity index is 560. The lowest BCUT2D eigenvalue weighted by atomic mass is 9.76. The highest BCUT2D eigenvalue weighted by Crippen LogP contribution is 2.36. The van der Waals surface area contributed by atoms with Crippen molar-refractivity contribution in [2.45, 2.75) is 38.5 Å². The van der Waals surface area contributed by atoms with Crippen LogP contribution >= 0.6 is 11.6 Å². The lowest BCUT2D eigenvalue weighted by Gasteiger charge is -2.37. The monoisotopic (exact) mass is 334 g/mol. The molecule has 126 valence electrons. The van der Waals surface area contributed by atoms with Crippen LogP contribution < -0.4 is 4.90 Å². The molecular formula is C19H27ClN2O. The van der Waals surface area contributed by atoms with Gasteiger partial charge in [-0.1, -0.05) is 30.9 Å². The van der Waals surface area contributed by atoms with Crippen molar-refractivity contribution in [2.24, 2.45) is 11.8 Å². The molecule has 0 spiro atoms. The van der Waals surface area contributed by atoms with Gasteiger partial charge in [0.05, 0.1) is 10.6 Å². The van der Waals surface area contributed by atoms with Crippen molar-refractivity contribution in [3.8, 4) is 0 Å². The normalized spacial score (nSPS) is 19.5. The van der Waals surface area contributed by atoms with Crippen LogP contribution in [0.25, 0.3) is 0 Å². The first-order chi connectivity index (χ1) is 11.0. The summed E-state index contributed by atoms with van der Waals surface area (Å²) >= 11 is 6.34. The minimum Gasteiger partial charge on any atom is -0.371 e. The summed E-state index contributed by atoms with van der Waals surface area (Å²) in [4.78, 5) is 16.0. The minimum atomic E-state index is -0.0410. The average Bonchev–Trinajstić information content (AvgIpc) is 2.50. The molecule has 1 saturated heterocycles. The fraction of sp³-hybridized carbons (Fsp3) is 0.632. The number of benzene rings is 1. The predicted octanol–water partition coefficient (Wildman–Crippen LogP) is 4.45. The highest BCUT2D eigenvalue weighted by atomic mass is 35.5. The fourth-order valence-electron chi connectivity index (χ4n) is 3.74. The lowest BCUT2D eigenvalue weighted by Crippen LogP contribution is -2.34. The van der Waals surface area contributed by atoms with Crippen LogP contribution in [0.3, 0.4) is 0 Å². The molecule has 4 heteroatoms. The van der Waals surface area contributed by atoms with E-state index in [0.717, 1.165) is 30.6 Å². The zero-order valence-electron chi connectivity index (χ0n) is 14.2. The molecule has 1 aliphatic heterocycles. The predicted molar refractivity (Wildman–Crippen MR) is 96.4 cm³/mol. The number of rotatable bonds is 4. The number of hydrogen-bond acceptors (Lipinski definition) is 2. The molecule has 1 saturated carbocycles. The van der Waals surface area contributed by atoms with Crippen molar-refractivity contribution >= 4 is 23.2 Å². The maximum Gasteiger partial charge on any atom is 0.254 e. The third kappa shape index (κ3) is 3.82. The standard InChI is InChI=1S/C19H27ClN2O/c1-21(2)19(23)17-7-6-16(13-18(17)20)22-10-8-15(9-11-22)12-14-4-3-5-14/h6-7,13-15H,3-5,8-12H2,1-2H3. The Balaban J connectivity index is 1.59. The molecule has 1 amide bonds. The number of halogens is 1. The summed E-state index contributed by atoms with van der Waals surface area (Å²) in [7, 11) is 3.50. The van der Waals surface area contributed by atoms with Crippen LogP contribution in [0.2, 0.25) is 5.02 Å². The van der Waals surface area contributed by atoms with Gasteiger partial charge in [0.15, 0.2) is 0 Å². The molecule has 3 nitrogen and oxygen atoms in total. The molecule has 2 aliphatic rings. The van der Waals surface area contributed by atoms with Gasteiger partial charge in [0.25, 0.3) is 5.91 Å². The van der Waals surface area contributed by atoms with Crippen LogP contribution in [0, 0.1) is 11.8 Å². The van der Waals surface area contributed by atoms with E-state index in [-0.39, 0.29) is 5.91 Å². The summed E-state index contributed by atoms with van der Waals surface area (Å²) in [6, 6.07) is 5.85. The Labute approximate surface area is 144 Å². The smallest absolute Gasteiger partial charge is 0.254 e. The summed E-state index contributed by atoms with van der Waals surface area (Å²) in [6.45, 7) is 2.21. The van der Waals surface area contributed by atoms with Crippen LogP contribution in [0.4, 0.5) is 5.69 Å². The molecule has 0 bridgehead atoms. The third-order valence-electron chi connectivity index (χ3n) is 5.46.